The van der Waals surface area contributed by atoms with Crippen LogP contribution in [0.4, 0.5) is 0 Å². The van der Waals surface area contributed by atoms with Gasteiger partial charge in [-0.15, -0.1) is 0 Å². The van der Waals surface area contributed by atoms with E-state index >= 15 is 20.1 Å². The van der Waals surface area contributed by atoms with Crippen molar-refractivity contribution in [1.82, 2.24) is 5.32 Å². The number of rotatable bonds is 5. The molecule has 19 rings (SSSR count). The summed E-state index contributed by atoms with van der Waals surface area (Å²) in [5, 5.41) is 74.8. The summed E-state index contributed by atoms with van der Waals surface area (Å²) in [4.78, 5) is 30.8. The standard InChI is InChI=1S/C80H99NO9/c1-47-53-17-16-50(32-53)31-48-10-8-11-49(30-48)33-67-60-22-28-73-27-21-55(51-12-4-3-5-13-51)35-57(73)37-64(60)76(73)44-74(45-83)68-23-29-75-43-72(24-6-7-25-72)26-20-52-14-9-15-56(42-82)61(52)38-66(81-2)62-36-58(77(75,46-84)65-39-69(85)90-70(62)65)41-79(75,87)78(68,86)40-59-34-54(47)18-19-63(71(76)89-67)80(59,74)88/h3-5,8-15,30,39,45,47,50,53-55,57-60,62-64,66-68,70-71,81-82,84,86-88H,6-7,16-19,21-25,27-29,31-38,40-44,46H2,1-2H3/t47-,50-,53-,54-,55-,57-,58-,59+,60+,62+,63-,64-,66+,67+,68+,70+,71+,73-,74-,75-,76-,77+,78-,79+,80-/m0/s1. The topological polar surface area (TPSA) is 166 Å². The number of carbonyl (C=O) groups is 2. The van der Waals surface area contributed by atoms with Crippen LogP contribution in [0.25, 0.3) is 0 Å². The van der Waals surface area contributed by atoms with E-state index in [9.17, 15) is 15.0 Å². The molecule has 11 saturated carbocycles. The predicted octanol–water partition coefficient (Wildman–Crippen LogP) is 11.7. The van der Waals surface area contributed by atoms with Crippen molar-refractivity contribution in [3.63, 3.8) is 0 Å². The molecule has 10 heteroatoms. The van der Waals surface area contributed by atoms with Crippen LogP contribution in [-0.4, -0.2) is 92.6 Å². The van der Waals surface area contributed by atoms with Crippen LogP contribution in [-0.2, 0) is 44.9 Å². The Kier molecular flexibility index (Phi) is 13.1. The SMILES string of the molecule is CN[C@@H]1Cc2c(cccc2CO)C#CC2(CCCC2)C[C@]23CC[C@H]4[C@@](O)(C[C@H]5C[C@@H]6CC[C@H]7[C@H]8O[C@H](Cc9cccc(c9)C[C@@H]9CC[C@@H](C9)[C@@H]6C)[C@@H]6CC[C@@]9%10CC[C@H](c%11ccccc%11)C[C@H]9C[C@@H]6[C@@]8%10C[C@@]4(C=O)[C@]57O)[C@@]2(O)C[C@@H]2C[C@H]1[C@H]1OC(=O)C=C1[C@@]23CO. The third kappa shape index (κ3) is 7.24. The van der Waals surface area contributed by atoms with Crippen LogP contribution in [0.5, 0.6) is 0 Å². The van der Waals surface area contributed by atoms with Gasteiger partial charge in [0.05, 0.1) is 42.0 Å². The van der Waals surface area contributed by atoms with Gasteiger partial charge in [0, 0.05) is 57.1 Å². The number of hydrogen-bond acceptors (Lipinski definition) is 10. The third-order valence-corrected chi connectivity index (χ3v) is 32.2. The maximum Gasteiger partial charge on any atom is 0.331 e. The largest absolute Gasteiger partial charge is 0.454 e. The summed E-state index contributed by atoms with van der Waals surface area (Å²) in [6.07, 6.45) is 23.0. The zero-order valence-corrected chi connectivity index (χ0v) is 53.6. The van der Waals surface area contributed by atoms with Gasteiger partial charge in [0.1, 0.15) is 18.0 Å². The first-order chi connectivity index (χ1) is 43.6. The second-order valence-electron chi connectivity index (χ2n) is 34.1. The van der Waals surface area contributed by atoms with Gasteiger partial charge in [0.15, 0.2) is 0 Å². The number of ether oxygens (including phenoxy) is 2. The highest BCUT2D eigenvalue weighted by atomic mass is 16.5. The molecule has 25 atom stereocenters. The van der Waals surface area contributed by atoms with Crippen LogP contribution in [0.3, 0.4) is 0 Å². The van der Waals surface area contributed by atoms with Crippen molar-refractivity contribution >= 4 is 12.3 Å². The van der Waals surface area contributed by atoms with Gasteiger partial charge in [-0.05, 0) is 265 Å². The van der Waals surface area contributed by atoms with E-state index in [4.69, 9.17) is 9.47 Å². The van der Waals surface area contributed by atoms with Crippen molar-refractivity contribution in [2.45, 2.75) is 228 Å². The molecule has 10 nitrogen and oxygen atoms in total. The third-order valence-electron chi connectivity index (χ3n) is 32.2. The molecule has 6 N–H and O–H groups in total. The van der Waals surface area contributed by atoms with E-state index in [1.54, 1.807) is 6.08 Å². The summed E-state index contributed by atoms with van der Waals surface area (Å²) < 4.78 is 14.9. The lowest BCUT2D eigenvalue weighted by atomic mass is 9.29. The van der Waals surface area contributed by atoms with Gasteiger partial charge in [-0.2, -0.15) is 0 Å². The van der Waals surface area contributed by atoms with Crippen LogP contribution in [0.15, 0.2) is 84.4 Å². The molecule has 3 aromatic carbocycles. The lowest BCUT2D eigenvalue weighted by Gasteiger charge is -2.78. The number of nitrogens with one attached hydrogen (secondary N) is 1. The normalized spacial score (nSPS) is 50.1. The van der Waals surface area contributed by atoms with Crippen molar-refractivity contribution in [2.24, 2.45) is 104 Å². The number of fused-ring (bicyclic) bond motifs is 12. The Morgan fingerprint density at radius 3 is 2.32 bits per heavy atom. The summed E-state index contributed by atoms with van der Waals surface area (Å²) >= 11 is 0. The van der Waals surface area contributed by atoms with Gasteiger partial charge in [-0.1, -0.05) is 98.3 Å². The number of carbonyl (C=O) groups excluding carboxylic acids is 2. The molecule has 12 fully saturated rings. The first kappa shape index (κ1) is 58.4. The number of likely N-dealkylation sites (N-methyl/N-ethyl adjacent to an activating group) is 1. The van der Waals surface area contributed by atoms with Gasteiger partial charge in [0.2, 0.25) is 0 Å². The molecule has 16 aliphatic rings. The molecule has 4 spiro atoms. The quantitative estimate of drug-likeness (QED) is 0.0823. The van der Waals surface area contributed by atoms with Gasteiger partial charge in [-0.25, -0.2) is 4.79 Å². The second-order valence-corrected chi connectivity index (χ2v) is 34.1. The van der Waals surface area contributed by atoms with E-state index < -0.39 is 67.8 Å². The zero-order valence-electron chi connectivity index (χ0n) is 53.6. The maximum atomic E-state index is 16.3. The monoisotopic (exact) mass is 1220 g/mol. The average molecular weight is 1220 g/mol. The fourth-order valence-corrected chi connectivity index (χ4v) is 28.9. The van der Waals surface area contributed by atoms with Crippen LogP contribution < -0.4 is 5.32 Å². The molecule has 0 unspecified atom stereocenters. The van der Waals surface area contributed by atoms with E-state index in [-0.39, 0.29) is 85.2 Å². The first-order valence-corrected chi connectivity index (χ1v) is 36.5. The molecule has 1 saturated heterocycles. The maximum absolute atomic E-state index is 16.3. The number of aliphatic hydroxyl groups is 5. The highest BCUT2D eigenvalue weighted by Gasteiger charge is 2.90. The highest BCUT2D eigenvalue weighted by molar-refractivity contribution is 5.87. The van der Waals surface area contributed by atoms with Crippen molar-refractivity contribution in [1.29, 1.82) is 0 Å². The smallest absolute Gasteiger partial charge is 0.331 e. The molecule has 90 heavy (non-hydrogen) atoms. The Morgan fingerprint density at radius 2 is 1.52 bits per heavy atom. The number of aldehydes is 1. The molecule has 478 valence electrons. The fourth-order valence-electron chi connectivity index (χ4n) is 28.9. The molecule has 16 bridgehead atoms. The molecular weight excluding hydrogens is 1120 g/mol. The molecule has 3 aliphatic heterocycles. The minimum absolute atomic E-state index is 0.0150. The Hall–Kier alpha value is -4.18. The minimum Gasteiger partial charge on any atom is -0.454 e. The lowest BCUT2D eigenvalue weighted by Crippen LogP contribution is -2.85. The fraction of sp³-hybridized carbons (Fsp3) is 0.700. The second kappa shape index (κ2) is 20.2. The van der Waals surface area contributed by atoms with E-state index in [0.717, 1.165) is 112 Å². The molecule has 0 aromatic heterocycles. The van der Waals surface area contributed by atoms with Gasteiger partial charge in [-0.3, -0.25) is 0 Å². The summed E-state index contributed by atoms with van der Waals surface area (Å²) in [5.74, 6) is 8.19. The molecule has 13 aliphatic carbocycles. The molecule has 0 amide bonds. The lowest BCUT2D eigenvalue weighted by molar-refractivity contribution is -0.388. The number of aliphatic hydroxyl groups excluding tert-OH is 2. The van der Waals surface area contributed by atoms with E-state index in [1.165, 1.54) is 42.2 Å². The Labute approximate surface area is 533 Å². The van der Waals surface area contributed by atoms with Crippen LogP contribution in [0, 0.1) is 115 Å². The molecule has 3 aromatic rings. The van der Waals surface area contributed by atoms with Crippen LogP contribution in [0.1, 0.15) is 194 Å². The van der Waals surface area contributed by atoms with Crippen LogP contribution >= 0.6 is 0 Å². The zero-order chi connectivity index (χ0) is 61.2. The predicted molar refractivity (Wildman–Crippen MR) is 342 cm³/mol. The average Bonchev–Trinajstić information content (AvgIpc) is 1.37. The molecular formula is C80H99NO9. The van der Waals surface area contributed by atoms with Gasteiger partial charge < -0.3 is 45.1 Å². The summed E-state index contributed by atoms with van der Waals surface area (Å²) in [6.45, 7) is 2.06. The Morgan fingerprint density at radius 1 is 0.733 bits per heavy atom. The van der Waals surface area contributed by atoms with Crippen molar-refractivity contribution in [3.8, 4) is 11.8 Å². The summed E-state index contributed by atoms with van der Waals surface area (Å²) in [5.41, 5.74) is -2.60. The highest BCUT2D eigenvalue weighted by Crippen LogP contribution is 2.87. The number of hydrogen-bond donors (Lipinski definition) is 6. The number of esters is 1. The van der Waals surface area contributed by atoms with Crippen molar-refractivity contribution < 1.29 is 44.6 Å². The van der Waals surface area contributed by atoms with E-state index in [0.29, 0.717) is 74.5 Å². The summed E-state index contributed by atoms with van der Waals surface area (Å²) in [6, 6.07) is 26.6. The Bertz CT molecular complexity index is 3510. The van der Waals surface area contributed by atoms with Gasteiger partial charge >= 0.3 is 5.97 Å². The van der Waals surface area contributed by atoms with Gasteiger partial charge in [0.25, 0.3) is 0 Å². The molecule has 0 radical (unpaired) electrons. The number of benzene rings is 3. The van der Waals surface area contributed by atoms with E-state index in [1.807, 2.05) is 19.2 Å². The Balaban J connectivity index is 0.857. The van der Waals surface area contributed by atoms with Crippen molar-refractivity contribution in [3.05, 3.63) is 118 Å². The van der Waals surface area contributed by atoms with Crippen molar-refractivity contribution in [2.75, 3.05) is 13.7 Å². The first-order valence-electron chi connectivity index (χ1n) is 36.5. The minimum atomic E-state index is -1.88. The molecule has 3 heterocycles. The summed E-state index contributed by atoms with van der Waals surface area (Å²) in [7, 11) is 1.96. The van der Waals surface area contributed by atoms with E-state index in [2.05, 4.69) is 84.7 Å². The van der Waals surface area contributed by atoms with Crippen LogP contribution in [0.2, 0.25) is 0 Å².